The first-order chi connectivity index (χ1) is 13.8. The van der Waals surface area contributed by atoms with Crippen LogP contribution in [0.15, 0.2) is 33.9 Å². The second-order valence-corrected chi connectivity index (χ2v) is 8.35. The fourth-order valence-corrected chi connectivity index (χ4v) is 4.02. The van der Waals surface area contributed by atoms with Gasteiger partial charge >= 0.3 is 0 Å². The van der Waals surface area contributed by atoms with Crippen LogP contribution in [0, 0.1) is 18.7 Å². The summed E-state index contributed by atoms with van der Waals surface area (Å²) in [6.45, 7) is 7.03. The largest absolute Gasteiger partial charge is 0.416 e. The SMILES string of the molecule is Cc1nnc(SCC(=O)N2CCC(=O)N(Cc3ccc(F)cc3)C(C(C)C)C2)o1. The maximum Gasteiger partial charge on any atom is 0.277 e. The number of aromatic nitrogens is 2. The minimum Gasteiger partial charge on any atom is -0.416 e. The molecule has 0 aliphatic carbocycles. The van der Waals surface area contributed by atoms with Gasteiger partial charge in [0, 0.05) is 33.0 Å². The molecule has 2 amide bonds. The highest BCUT2D eigenvalue weighted by molar-refractivity contribution is 7.99. The number of hydrogen-bond donors (Lipinski definition) is 0. The first kappa shape index (κ1) is 21.3. The molecular formula is C20H25FN4O3S. The van der Waals surface area contributed by atoms with Crippen LogP contribution >= 0.6 is 11.8 Å². The summed E-state index contributed by atoms with van der Waals surface area (Å²) >= 11 is 1.20. The molecular weight excluding hydrogens is 395 g/mol. The Balaban J connectivity index is 1.69. The molecule has 0 N–H and O–H groups in total. The standard InChI is InChI=1S/C20H25FN4O3S/c1-13(2)17-11-24(19(27)12-29-20-23-22-14(3)28-20)9-8-18(26)25(17)10-15-4-6-16(21)7-5-15/h4-7,13,17H,8-12H2,1-3H3. The van der Waals surface area contributed by atoms with Crippen molar-refractivity contribution in [3.8, 4) is 0 Å². The molecule has 3 rings (SSSR count). The van der Waals surface area contributed by atoms with Gasteiger partial charge in [-0.3, -0.25) is 9.59 Å². The van der Waals surface area contributed by atoms with Crippen LogP contribution in [0.4, 0.5) is 4.39 Å². The molecule has 2 heterocycles. The van der Waals surface area contributed by atoms with Crippen molar-refractivity contribution in [2.45, 2.75) is 45.0 Å². The predicted octanol–water partition coefficient (Wildman–Crippen LogP) is 2.89. The molecule has 29 heavy (non-hydrogen) atoms. The third-order valence-electron chi connectivity index (χ3n) is 4.94. The molecule has 1 unspecified atom stereocenters. The molecule has 1 aliphatic rings. The molecule has 7 nitrogen and oxygen atoms in total. The van der Waals surface area contributed by atoms with Gasteiger partial charge in [-0.05, 0) is 23.6 Å². The van der Waals surface area contributed by atoms with Gasteiger partial charge < -0.3 is 14.2 Å². The van der Waals surface area contributed by atoms with Gasteiger partial charge in [-0.15, -0.1) is 10.2 Å². The zero-order valence-electron chi connectivity index (χ0n) is 16.8. The number of hydrogen-bond acceptors (Lipinski definition) is 6. The van der Waals surface area contributed by atoms with E-state index in [1.54, 1.807) is 24.0 Å². The van der Waals surface area contributed by atoms with Gasteiger partial charge in [0.25, 0.3) is 5.22 Å². The Bertz CT molecular complexity index is 856. The van der Waals surface area contributed by atoms with E-state index in [0.717, 1.165) is 5.56 Å². The van der Waals surface area contributed by atoms with Gasteiger partial charge in [-0.2, -0.15) is 0 Å². The van der Waals surface area contributed by atoms with E-state index in [4.69, 9.17) is 4.42 Å². The molecule has 0 bridgehead atoms. The number of nitrogens with zero attached hydrogens (tertiary/aromatic N) is 4. The fraction of sp³-hybridized carbons (Fsp3) is 0.500. The maximum absolute atomic E-state index is 13.2. The molecule has 1 aromatic carbocycles. The average molecular weight is 421 g/mol. The monoisotopic (exact) mass is 420 g/mol. The summed E-state index contributed by atoms with van der Waals surface area (Å²) in [4.78, 5) is 29.1. The summed E-state index contributed by atoms with van der Waals surface area (Å²) in [6, 6.07) is 6.06. The molecule has 1 saturated heterocycles. The Hall–Kier alpha value is -2.42. The van der Waals surface area contributed by atoms with E-state index in [9.17, 15) is 14.0 Å². The zero-order chi connectivity index (χ0) is 21.0. The number of halogens is 1. The Kier molecular flexibility index (Phi) is 6.89. The second-order valence-electron chi connectivity index (χ2n) is 7.42. The van der Waals surface area contributed by atoms with Gasteiger partial charge in [-0.1, -0.05) is 37.7 Å². The summed E-state index contributed by atoms with van der Waals surface area (Å²) in [5.74, 6) is 0.438. The van der Waals surface area contributed by atoms with Gasteiger partial charge in [0.05, 0.1) is 11.8 Å². The maximum atomic E-state index is 13.2. The van der Waals surface area contributed by atoms with E-state index in [-0.39, 0.29) is 41.8 Å². The lowest BCUT2D eigenvalue weighted by Crippen LogP contribution is -2.47. The number of carbonyl (C=O) groups excluding carboxylic acids is 2. The van der Waals surface area contributed by atoms with E-state index in [0.29, 0.717) is 30.7 Å². The third-order valence-corrected chi connectivity index (χ3v) is 5.74. The molecule has 156 valence electrons. The molecule has 1 atom stereocenters. The lowest BCUT2D eigenvalue weighted by atomic mass is 10.0. The van der Waals surface area contributed by atoms with Crippen molar-refractivity contribution in [3.63, 3.8) is 0 Å². The molecule has 1 aromatic heterocycles. The van der Waals surface area contributed by atoms with Crippen molar-refractivity contribution in [1.29, 1.82) is 0 Å². The van der Waals surface area contributed by atoms with Crippen molar-refractivity contribution in [1.82, 2.24) is 20.0 Å². The topological polar surface area (TPSA) is 79.5 Å². The van der Waals surface area contributed by atoms with Gasteiger partial charge in [-0.25, -0.2) is 4.39 Å². The summed E-state index contributed by atoms with van der Waals surface area (Å²) in [5.41, 5.74) is 0.868. The molecule has 1 aliphatic heterocycles. The Morgan fingerprint density at radius 3 is 2.66 bits per heavy atom. The summed E-state index contributed by atoms with van der Waals surface area (Å²) in [6.07, 6.45) is 0.264. The van der Waals surface area contributed by atoms with E-state index < -0.39 is 0 Å². The zero-order valence-corrected chi connectivity index (χ0v) is 17.6. The van der Waals surface area contributed by atoms with Crippen molar-refractivity contribution in [3.05, 3.63) is 41.5 Å². The Labute approximate surface area is 173 Å². The number of rotatable bonds is 6. The number of aryl methyl sites for hydroxylation is 1. The van der Waals surface area contributed by atoms with Gasteiger partial charge in [0.15, 0.2) is 0 Å². The van der Waals surface area contributed by atoms with E-state index in [1.165, 1.54) is 23.9 Å². The van der Waals surface area contributed by atoms with Crippen LogP contribution < -0.4 is 0 Å². The van der Waals surface area contributed by atoms with Crippen molar-refractivity contribution in [2.75, 3.05) is 18.8 Å². The molecule has 0 spiro atoms. The number of benzene rings is 1. The molecule has 1 fully saturated rings. The second kappa shape index (κ2) is 9.39. The van der Waals surface area contributed by atoms with Crippen LogP contribution in [-0.2, 0) is 16.1 Å². The van der Waals surface area contributed by atoms with E-state index in [2.05, 4.69) is 10.2 Å². The van der Waals surface area contributed by atoms with Crippen LogP contribution in [0.25, 0.3) is 0 Å². The van der Waals surface area contributed by atoms with Gasteiger partial charge in [0.1, 0.15) is 5.82 Å². The highest BCUT2D eigenvalue weighted by atomic mass is 32.2. The average Bonchev–Trinajstić information content (AvgIpc) is 3.03. The molecule has 0 saturated carbocycles. The highest BCUT2D eigenvalue weighted by Gasteiger charge is 2.33. The van der Waals surface area contributed by atoms with Crippen LogP contribution in [0.1, 0.15) is 31.7 Å². The van der Waals surface area contributed by atoms with Crippen LogP contribution in [0.3, 0.4) is 0 Å². The quantitative estimate of drug-likeness (QED) is 0.669. The fourth-order valence-electron chi connectivity index (χ4n) is 3.32. The minimum atomic E-state index is -0.304. The van der Waals surface area contributed by atoms with Crippen molar-refractivity contribution < 1.29 is 18.4 Å². The Morgan fingerprint density at radius 1 is 1.31 bits per heavy atom. The van der Waals surface area contributed by atoms with Crippen LogP contribution in [0.5, 0.6) is 0 Å². The highest BCUT2D eigenvalue weighted by Crippen LogP contribution is 2.23. The molecule has 2 aromatic rings. The summed E-state index contributed by atoms with van der Waals surface area (Å²) in [7, 11) is 0. The lowest BCUT2D eigenvalue weighted by Gasteiger charge is -2.34. The van der Waals surface area contributed by atoms with Gasteiger partial charge in [0.2, 0.25) is 17.7 Å². The number of thioether (sulfide) groups is 1. The number of carbonyl (C=O) groups is 2. The van der Waals surface area contributed by atoms with E-state index >= 15 is 0 Å². The molecule has 0 radical (unpaired) electrons. The first-order valence-electron chi connectivity index (χ1n) is 9.58. The lowest BCUT2D eigenvalue weighted by molar-refractivity contribution is -0.134. The van der Waals surface area contributed by atoms with Crippen LogP contribution in [0.2, 0.25) is 0 Å². The minimum absolute atomic E-state index is 0.00324. The predicted molar refractivity (Wildman–Crippen MR) is 107 cm³/mol. The normalized spacial score (nSPS) is 17.7. The van der Waals surface area contributed by atoms with E-state index in [1.807, 2.05) is 18.7 Å². The smallest absolute Gasteiger partial charge is 0.277 e. The van der Waals surface area contributed by atoms with Crippen molar-refractivity contribution >= 4 is 23.6 Å². The first-order valence-corrected chi connectivity index (χ1v) is 10.6. The number of amides is 2. The van der Waals surface area contributed by atoms with Crippen LogP contribution in [-0.4, -0.2) is 56.7 Å². The Morgan fingerprint density at radius 2 is 2.03 bits per heavy atom. The molecule has 9 heteroatoms. The summed E-state index contributed by atoms with van der Waals surface area (Å²) < 4.78 is 18.5. The summed E-state index contributed by atoms with van der Waals surface area (Å²) in [5, 5.41) is 8.00. The third kappa shape index (κ3) is 5.56. The van der Waals surface area contributed by atoms with Crippen molar-refractivity contribution in [2.24, 2.45) is 5.92 Å².